The van der Waals surface area contributed by atoms with Crippen molar-refractivity contribution >= 4 is 34.0 Å². The molecule has 0 fully saturated rings. The molecule has 16 heavy (non-hydrogen) atoms. The number of hydrogen-bond donors (Lipinski definition) is 0. The second-order valence-electron chi connectivity index (χ2n) is 3.09. The summed E-state index contributed by atoms with van der Waals surface area (Å²) in [7, 11) is 0. The molecule has 0 radical (unpaired) electrons. The molecule has 0 amide bonds. The first-order chi connectivity index (χ1) is 7.63. The van der Waals surface area contributed by atoms with E-state index in [2.05, 4.69) is 4.98 Å². The van der Waals surface area contributed by atoms with E-state index >= 15 is 0 Å². The molecule has 0 aliphatic heterocycles. The van der Waals surface area contributed by atoms with Gasteiger partial charge in [-0.15, -0.1) is 11.3 Å². The van der Waals surface area contributed by atoms with E-state index in [1.807, 2.05) is 5.38 Å². The summed E-state index contributed by atoms with van der Waals surface area (Å²) in [5, 5.41) is 12.9. The summed E-state index contributed by atoms with van der Waals surface area (Å²) in [6.07, 6.45) is 3.60. The van der Waals surface area contributed by atoms with Crippen molar-refractivity contribution in [3.8, 4) is 0 Å². The lowest BCUT2D eigenvalue weighted by atomic mass is 10.3. The van der Waals surface area contributed by atoms with Gasteiger partial charge in [0.15, 0.2) is 10.1 Å². The van der Waals surface area contributed by atoms with Crippen LogP contribution in [0.1, 0.15) is 19.0 Å². The molecule has 2 rings (SSSR count). The highest BCUT2D eigenvalue weighted by Crippen LogP contribution is 2.24. The summed E-state index contributed by atoms with van der Waals surface area (Å²) in [5.41, 5.74) is 0.682. The molecule has 0 saturated carbocycles. The topological polar surface area (TPSA) is 60.4 Å². The van der Waals surface area contributed by atoms with Gasteiger partial charge in [-0.25, -0.2) is 4.98 Å². The van der Waals surface area contributed by atoms with Crippen molar-refractivity contribution in [2.24, 2.45) is 0 Å². The van der Waals surface area contributed by atoms with Crippen LogP contribution in [0.4, 0.5) is 0 Å². The smallest absolute Gasteiger partial charge is 0.248 e. The average molecular weight is 258 g/mol. The van der Waals surface area contributed by atoms with Gasteiger partial charge in [0.2, 0.25) is 5.70 Å². The number of fused-ring (bicyclic) bond motifs is 1. The minimum atomic E-state index is -0.401. The van der Waals surface area contributed by atoms with E-state index in [1.54, 1.807) is 17.5 Å². The van der Waals surface area contributed by atoms with Crippen molar-refractivity contribution in [3.05, 3.63) is 38.2 Å². The lowest BCUT2D eigenvalue weighted by Crippen LogP contribution is -1.97. The Morgan fingerprint density at radius 2 is 2.56 bits per heavy atom. The zero-order valence-corrected chi connectivity index (χ0v) is 9.96. The van der Waals surface area contributed by atoms with Crippen LogP contribution in [-0.2, 0) is 0 Å². The Kier molecular flexibility index (Phi) is 2.93. The molecule has 0 saturated heterocycles. The Morgan fingerprint density at radius 1 is 1.81 bits per heavy atom. The fourth-order valence-corrected chi connectivity index (χ4v) is 2.34. The number of rotatable bonds is 3. The maximum Gasteiger partial charge on any atom is 0.248 e. The van der Waals surface area contributed by atoms with Crippen LogP contribution in [0, 0.1) is 10.1 Å². The van der Waals surface area contributed by atoms with Gasteiger partial charge in [-0.05, 0) is 0 Å². The van der Waals surface area contributed by atoms with Crippen molar-refractivity contribution in [1.82, 2.24) is 9.38 Å². The monoisotopic (exact) mass is 257 g/mol. The fourth-order valence-electron chi connectivity index (χ4n) is 1.35. The van der Waals surface area contributed by atoms with E-state index in [4.69, 9.17) is 11.6 Å². The van der Waals surface area contributed by atoms with Crippen molar-refractivity contribution in [3.63, 3.8) is 0 Å². The molecule has 0 N–H and O–H groups in total. The number of thiazole rings is 1. The maximum atomic E-state index is 10.7. The van der Waals surface area contributed by atoms with Gasteiger partial charge in [0.05, 0.1) is 10.6 Å². The molecule has 7 heteroatoms. The van der Waals surface area contributed by atoms with Gasteiger partial charge in [-0.1, -0.05) is 18.5 Å². The van der Waals surface area contributed by atoms with Gasteiger partial charge < -0.3 is 0 Å². The molecule has 0 atom stereocenters. The zero-order valence-electron chi connectivity index (χ0n) is 8.38. The third-order valence-corrected chi connectivity index (χ3v) is 3.19. The molecule has 0 unspecified atom stereocenters. The van der Waals surface area contributed by atoms with E-state index in [-0.39, 0.29) is 5.70 Å². The van der Waals surface area contributed by atoms with E-state index in [1.165, 1.54) is 17.4 Å². The Morgan fingerprint density at radius 3 is 3.19 bits per heavy atom. The summed E-state index contributed by atoms with van der Waals surface area (Å²) >= 11 is 7.36. The Balaban J connectivity index is 2.57. The Labute approximate surface area is 100 Å². The summed E-state index contributed by atoms with van der Waals surface area (Å²) < 4.78 is 1.74. The predicted molar refractivity (Wildman–Crippen MR) is 63.3 cm³/mol. The fraction of sp³-hybridized carbons (Fsp3) is 0.222. The van der Waals surface area contributed by atoms with E-state index in [0.29, 0.717) is 17.3 Å². The Hall–Kier alpha value is -1.40. The highest BCUT2D eigenvalue weighted by Gasteiger charge is 2.14. The highest BCUT2D eigenvalue weighted by molar-refractivity contribution is 7.15. The third-order valence-electron chi connectivity index (χ3n) is 2.15. The lowest BCUT2D eigenvalue weighted by molar-refractivity contribution is -0.425. The first-order valence-corrected chi connectivity index (χ1v) is 5.85. The number of hydrogen-bond acceptors (Lipinski definition) is 4. The molecule has 5 nitrogen and oxygen atoms in total. The van der Waals surface area contributed by atoms with Crippen LogP contribution in [0.2, 0.25) is 5.15 Å². The standard InChI is InChI=1S/C9H8ClN3O2S/c1-2-6(13(14)15)5-7-8(10)11-9-12(7)3-4-16-9/h3-5H,2H2,1H3. The summed E-state index contributed by atoms with van der Waals surface area (Å²) in [6, 6.07) is 0. The SMILES string of the molecule is CCC(=Cc1c(Cl)nc2sccn12)[N+](=O)[O-]. The van der Waals surface area contributed by atoms with E-state index in [9.17, 15) is 10.1 Å². The molecular formula is C9H8ClN3O2S. The van der Waals surface area contributed by atoms with Crippen LogP contribution in [0.15, 0.2) is 17.3 Å². The van der Waals surface area contributed by atoms with E-state index < -0.39 is 4.92 Å². The second kappa shape index (κ2) is 4.23. The van der Waals surface area contributed by atoms with Gasteiger partial charge in [0.25, 0.3) is 0 Å². The third kappa shape index (κ3) is 1.81. The van der Waals surface area contributed by atoms with Crippen LogP contribution in [0.3, 0.4) is 0 Å². The first-order valence-electron chi connectivity index (χ1n) is 4.59. The predicted octanol–water partition coefficient (Wildman–Crippen LogP) is 3.08. The van der Waals surface area contributed by atoms with Gasteiger partial charge in [0, 0.05) is 24.1 Å². The largest absolute Gasteiger partial charge is 0.289 e. The molecular weight excluding hydrogens is 250 g/mol. The Bertz CT molecular complexity index is 572. The van der Waals surface area contributed by atoms with Gasteiger partial charge in [-0.3, -0.25) is 14.5 Å². The van der Waals surface area contributed by atoms with Crippen LogP contribution >= 0.6 is 22.9 Å². The van der Waals surface area contributed by atoms with Crippen molar-refractivity contribution in [2.45, 2.75) is 13.3 Å². The van der Waals surface area contributed by atoms with E-state index in [0.717, 1.165) is 4.96 Å². The summed E-state index contributed by atoms with van der Waals surface area (Å²) in [5.74, 6) is 0. The number of nitro groups is 1. The molecule has 0 spiro atoms. The quantitative estimate of drug-likeness (QED) is 0.627. The summed E-state index contributed by atoms with van der Waals surface area (Å²) in [4.78, 5) is 15.1. The molecule has 0 bridgehead atoms. The van der Waals surface area contributed by atoms with Crippen LogP contribution in [-0.4, -0.2) is 14.3 Å². The van der Waals surface area contributed by atoms with Crippen molar-refractivity contribution < 1.29 is 4.92 Å². The van der Waals surface area contributed by atoms with Crippen molar-refractivity contribution in [1.29, 1.82) is 0 Å². The van der Waals surface area contributed by atoms with Crippen LogP contribution in [0.5, 0.6) is 0 Å². The minimum absolute atomic E-state index is 0.120. The normalized spacial score (nSPS) is 12.2. The molecule has 84 valence electrons. The molecule has 2 aromatic heterocycles. The molecule has 2 heterocycles. The van der Waals surface area contributed by atoms with Crippen molar-refractivity contribution in [2.75, 3.05) is 0 Å². The molecule has 2 aromatic rings. The molecule has 0 aliphatic carbocycles. The molecule has 0 aromatic carbocycles. The number of aromatic nitrogens is 2. The number of halogens is 1. The van der Waals surface area contributed by atoms with Crippen LogP contribution in [0.25, 0.3) is 11.0 Å². The van der Waals surface area contributed by atoms with Gasteiger partial charge >= 0.3 is 0 Å². The van der Waals surface area contributed by atoms with Gasteiger partial charge in [0.1, 0.15) is 0 Å². The van der Waals surface area contributed by atoms with Gasteiger partial charge in [-0.2, -0.15) is 0 Å². The highest BCUT2D eigenvalue weighted by atomic mass is 35.5. The zero-order chi connectivity index (χ0) is 11.7. The number of nitrogens with zero attached hydrogens (tertiary/aromatic N) is 3. The summed E-state index contributed by atoms with van der Waals surface area (Å²) in [6.45, 7) is 1.73. The number of allylic oxidation sites excluding steroid dienone is 1. The number of imidazole rings is 1. The lowest BCUT2D eigenvalue weighted by Gasteiger charge is -1.94. The maximum absolute atomic E-state index is 10.7. The van der Waals surface area contributed by atoms with Crippen LogP contribution < -0.4 is 0 Å². The minimum Gasteiger partial charge on any atom is -0.289 e. The average Bonchev–Trinajstić information content (AvgIpc) is 2.75. The first kappa shape index (κ1) is 11.1. The second-order valence-corrected chi connectivity index (χ2v) is 4.32. The molecule has 0 aliphatic rings.